The van der Waals surface area contributed by atoms with Crippen LogP contribution in [0.5, 0.6) is 0 Å². The number of anilines is 1. The van der Waals surface area contributed by atoms with Crippen LogP contribution in [-0.2, 0) is 0 Å². The number of benzene rings is 1. The van der Waals surface area contributed by atoms with Gasteiger partial charge in [0.15, 0.2) is 0 Å². The number of hydrogen-bond donors (Lipinski definition) is 1. The second kappa shape index (κ2) is 6.17. The summed E-state index contributed by atoms with van der Waals surface area (Å²) in [5.74, 6) is 1.49. The van der Waals surface area contributed by atoms with Gasteiger partial charge in [0.2, 0.25) is 0 Å². The lowest BCUT2D eigenvalue weighted by Gasteiger charge is -2.15. The van der Waals surface area contributed by atoms with Crippen molar-refractivity contribution in [1.82, 2.24) is 25.0 Å². The third kappa shape index (κ3) is 2.84. The summed E-state index contributed by atoms with van der Waals surface area (Å²) in [5, 5.41) is 15.6. The summed E-state index contributed by atoms with van der Waals surface area (Å²) in [6.07, 6.45) is 5.97. The van der Waals surface area contributed by atoms with E-state index in [0.29, 0.717) is 5.92 Å². The lowest BCUT2D eigenvalue weighted by Crippen LogP contribution is -2.08. The fourth-order valence-electron chi connectivity index (χ4n) is 3.06. The molecule has 0 spiro atoms. The smallest absolute Gasteiger partial charge is 0.138 e. The highest BCUT2D eigenvalue weighted by Crippen LogP contribution is 2.38. The molecule has 0 saturated heterocycles. The zero-order valence-corrected chi connectivity index (χ0v) is 15.1. The molecule has 1 aliphatic carbocycles. The first-order valence-electron chi connectivity index (χ1n) is 8.75. The van der Waals surface area contributed by atoms with Crippen molar-refractivity contribution in [3.63, 3.8) is 0 Å². The molecule has 6 nitrogen and oxygen atoms in total. The number of rotatable bonds is 5. The van der Waals surface area contributed by atoms with Crippen molar-refractivity contribution in [3.05, 3.63) is 59.5 Å². The summed E-state index contributed by atoms with van der Waals surface area (Å²) >= 11 is 1.62. The van der Waals surface area contributed by atoms with Crippen molar-refractivity contribution in [2.45, 2.75) is 31.7 Å². The Bertz CT molecular complexity index is 1050. The first-order chi connectivity index (χ1) is 12.8. The van der Waals surface area contributed by atoms with Gasteiger partial charge in [0.25, 0.3) is 0 Å². The summed E-state index contributed by atoms with van der Waals surface area (Å²) in [7, 11) is 0. The average Bonchev–Trinajstić information content (AvgIpc) is 3.20. The zero-order chi connectivity index (χ0) is 17.5. The minimum absolute atomic E-state index is 0.134. The molecule has 1 N–H and O–H groups in total. The van der Waals surface area contributed by atoms with Crippen molar-refractivity contribution >= 4 is 27.4 Å². The number of nitrogens with zero attached hydrogens (tertiary/aromatic N) is 5. The summed E-state index contributed by atoms with van der Waals surface area (Å²) in [4.78, 5) is 11.4. The molecular weight excluding hydrogens is 344 g/mol. The molecule has 5 rings (SSSR count). The van der Waals surface area contributed by atoms with Crippen molar-refractivity contribution < 1.29 is 0 Å². The van der Waals surface area contributed by atoms with Crippen LogP contribution in [-0.4, -0.2) is 25.0 Å². The SMILES string of the molecule is CC(Nc1ncnc2sccc12)c1ccc(-n2ncc(C3CC3)n2)cc1. The normalized spacial score (nSPS) is 15.3. The molecule has 1 unspecified atom stereocenters. The number of fused-ring (bicyclic) bond motifs is 1. The highest BCUT2D eigenvalue weighted by atomic mass is 32.1. The van der Waals surface area contributed by atoms with E-state index in [2.05, 4.69) is 62.7 Å². The molecule has 1 saturated carbocycles. The van der Waals surface area contributed by atoms with Gasteiger partial charge in [-0.1, -0.05) is 12.1 Å². The molecule has 7 heteroatoms. The summed E-state index contributed by atoms with van der Waals surface area (Å²) in [5.41, 5.74) is 3.27. The Labute approximate surface area is 154 Å². The van der Waals surface area contributed by atoms with E-state index in [9.17, 15) is 0 Å². The molecule has 3 heterocycles. The van der Waals surface area contributed by atoms with Crippen molar-refractivity contribution in [3.8, 4) is 5.69 Å². The van der Waals surface area contributed by atoms with Gasteiger partial charge in [0.1, 0.15) is 17.0 Å². The van der Waals surface area contributed by atoms with E-state index >= 15 is 0 Å². The number of thiophene rings is 1. The Kier molecular flexibility index (Phi) is 3.67. The van der Waals surface area contributed by atoms with E-state index in [1.807, 2.05) is 11.6 Å². The summed E-state index contributed by atoms with van der Waals surface area (Å²) in [6, 6.07) is 10.5. The van der Waals surface area contributed by atoms with Crippen molar-refractivity contribution in [2.24, 2.45) is 0 Å². The van der Waals surface area contributed by atoms with Gasteiger partial charge in [0, 0.05) is 12.0 Å². The first-order valence-corrected chi connectivity index (χ1v) is 9.63. The largest absolute Gasteiger partial charge is 0.363 e. The van der Waals surface area contributed by atoms with Crippen LogP contribution in [0.25, 0.3) is 15.9 Å². The lowest BCUT2D eigenvalue weighted by molar-refractivity contribution is 0.737. The van der Waals surface area contributed by atoms with Gasteiger partial charge in [-0.05, 0) is 48.9 Å². The number of hydrogen-bond acceptors (Lipinski definition) is 6. The van der Waals surface area contributed by atoms with Crippen LogP contribution in [0.1, 0.15) is 43.0 Å². The van der Waals surface area contributed by atoms with E-state index in [1.165, 1.54) is 18.4 Å². The Morgan fingerprint density at radius 2 is 2.00 bits per heavy atom. The van der Waals surface area contributed by atoms with E-state index in [-0.39, 0.29) is 6.04 Å². The van der Waals surface area contributed by atoms with Crippen LogP contribution in [0.4, 0.5) is 5.82 Å². The average molecular weight is 362 g/mol. The maximum atomic E-state index is 4.59. The quantitative estimate of drug-likeness (QED) is 0.572. The van der Waals surface area contributed by atoms with E-state index in [0.717, 1.165) is 27.4 Å². The molecule has 1 fully saturated rings. The number of nitrogens with one attached hydrogen (secondary N) is 1. The van der Waals surface area contributed by atoms with Crippen LogP contribution >= 0.6 is 11.3 Å². The Morgan fingerprint density at radius 1 is 1.15 bits per heavy atom. The Hall–Kier alpha value is -2.80. The maximum absolute atomic E-state index is 4.59. The second-order valence-electron chi connectivity index (χ2n) is 6.65. The van der Waals surface area contributed by atoms with Gasteiger partial charge in [-0.2, -0.15) is 15.0 Å². The summed E-state index contributed by atoms with van der Waals surface area (Å²) < 4.78 is 0. The zero-order valence-electron chi connectivity index (χ0n) is 14.3. The van der Waals surface area contributed by atoms with Crippen LogP contribution in [0.3, 0.4) is 0 Å². The van der Waals surface area contributed by atoms with Crippen molar-refractivity contribution in [2.75, 3.05) is 5.32 Å². The van der Waals surface area contributed by atoms with Crippen LogP contribution in [0.15, 0.2) is 48.2 Å². The fraction of sp³-hybridized carbons (Fsp3) is 0.263. The molecule has 0 radical (unpaired) electrons. The highest BCUT2D eigenvalue weighted by Gasteiger charge is 2.26. The molecule has 0 aliphatic heterocycles. The first kappa shape index (κ1) is 15.5. The predicted octanol–water partition coefficient (Wildman–Crippen LogP) is 4.32. The lowest BCUT2D eigenvalue weighted by atomic mass is 10.1. The fourth-order valence-corrected chi connectivity index (χ4v) is 3.79. The molecule has 3 aromatic heterocycles. The third-order valence-electron chi connectivity index (χ3n) is 4.74. The van der Waals surface area contributed by atoms with Gasteiger partial charge in [-0.15, -0.1) is 11.3 Å². The third-order valence-corrected chi connectivity index (χ3v) is 5.56. The molecule has 1 aromatic carbocycles. The van der Waals surface area contributed by atoms with E-state index in [4.69, 9.17) is 0 Å². The molecule has 1 atom stereocenters. The topological polar surface area (TPSA) is 68.5 Å². The Morgan fingerprint density at radius 3 is 2.81 bits per heavy atom. The molecule has 26 heavy (non-hydrogen) atoms. The second-order valence-corrected chi connectivity index (χ2v) is 7.55. The molecular formula is C19H18N6S. The highest BCUT2D eigenvalue weighted by molar-refractivity contribution is 7.16. The van der Waals surface area contributed by atoms with Crippen LogP contribution in [0.2, 0.25) is 0 Å². The van der Waals surface area contributed by atoms with Crippen LogP contribution in [0, 0.1) is 0 Å². The van der Waals surface area contributed by atoms with Gasteiger partial charge in [-0.25, -0.2) is 9.97 Å². The minimum Gasteiger partial charge on any atom is -0.363 e. The molecule has 4 aromatic rings. The van der Waals surface area contributed by atoms with Gasteiger partial charge >= 0.3 is 0 Å². The monoisotopic (exact) mass is 362 g/mol. The molecule has 130 valence electrons. The minimum atomic E-state index is 0.134. The van der Waals surface area contributed by atoms with E-state index in [1.54, 1.807) is 22.5 Å². The van der Waals surface area contributed by atoms with Crippen LogP contribution < -0.4 is 5.32 Å². The van der Waals surface area contributed by atoms with Gasteiger partial charge in [-0.3, -0.25) is 0 Å². The molecule has 0 bridgehead atoms. The maximum Gasteiger partial charge on any atom is 0.138 e. The van der Waals surface area contributed by atoms with E-state index < -0.39 is 0 Å². The standard InChI is InChI=1S/C19H18N6S/c1-12(23-18-16-8-9-26-19(16)21-11-20-18)13-4-6-15(7-5-13)25-22-10-17(24-25)14-2-3-14/h4-12,14H,2-3H2,1H3,(H,20,21,23). The number of aromatic nitrogens is 5. The van der Waals surface area contributed by atoms with Gasteiger partial charge in [0.05, 0.1) is 23.0 Å². The molecule has 1 aliphatic rings. The Balaban J connectivity index is 1.35. The molecule has 0 amide bonds. The van der Waals surface area contributed by atoms with Crippen molar-refractivity contribution in [1.29, 1.82) is 0 Å². The summed E-state index contributed by atoms with van der Waals surface area (Å²) in [6.45, 7) is 2.13. The van der Waals surface area contributed by atoms with Gasteiger partial charge < -0.3 is 5.32 Å². The predicted molar refractivity (Wildman–Crippen MR) is 103 cm³/mol.